The summed E-state index contributed by atoms with van der Waals surface area (Å²) in [6.45, 7) is 9.10. The van der Waals surface area contributed by atoms with Crippen LogP contribution in [0.2, 0.25) is 0 Å². The van der Waals surface area contributed by atoms with Crippen LogP contribution in [-0.4, -0.2) is 58.0 Å². The summed E-state index contributed by atoms with van der Waals surface area (Å²) in [5.74, 6) is 1.37. The number of hydrogen-bond acceptors (Lipinski definition) is 6. The first-order chi connectivity index (χ1) is 12.0. The zero-order chi connectivity index (χ0) is 18.0. The molecule has 0 saturated carbocycles. The summed E-state index contributed by atoms with van der Waals surface area (Å²) < 4.78 is 0. The molecule has 1 atom stereocenters. The van der Waals surface area contributed by atoms with Gasteiger partial charge < -0.3 is 10.6 Å². The minimum atomic E-state index is -0.277. The van der Waals surface area contributed by atoms with Gasteiger partial charge in [-0.15, -0.1) is 0 Å². The van der Waals surface area contributed by atoms with E-state index in [4.69, 9.17) is 10.7 Å². The van der Waals surface area contributed by atoms with Gasteiger partial charge in [-0.2, -0.15) is 0 Å². The van der Waals surface area contributed by atoms with Crippen molar-refractivity contribution < 1.29 is 4.79 Å². The fraction of sp³-hybridized carbons (Fsp3) is 0.444. The van der Waals surface area contributed by atoms with Crippen LogP contribution in [0.4, 0.5) is 5.82 Å². The second-order valence-corrected chi connectivity index (χ2v) is 6.42. The van der Waals surface area contributed by atoms with E-state index in [1.807, 2.05) is 26.0 Å². The number of aromatic nitrogens is 3. The van der Waals surface area contributed by atoms with E-state index in [1.165, 1.54) is 0 Å². The molecule has 1 unspecified atom stereocenters. The van der Waals surface area contributed by atoms with Crippen LogP contribution >= 0.6 is 0 Å². The average molecular weight is 340 g/mol. The summed E-state index contributed by atoms with van der Waals surface area (Å²) in [7, 11) is 0. The first kappa shape index (κ1) is 17.3. The molecule has 132 valence electrons. The highest BCUT2D eigenvalue weighted by Crippen LogP contribution is 2.25. The van der Waals surface area contributed by atoms with E-state index in [2.05, 4.69) is 26.7 Å². The lowest BCUT2D eigenvalue weighted by molar-refractivity contribution is -0.122. The van der Waals surface area contributed by atoms with E-state index in [9.17, 15) is 4.79 Å². The third-order valence-corrected chi connectivity index (χ3v) is 4.86. The summed E-state index contributed by atoms with van der Waals surface area (Å²) in [4.78, 5) is 29.3. The van der Waals surface area contributed by atoms with Crippen LogP contribution in [0.3, 0.4) is 0 Å². The van der Waals surface area contributed by atoms with Crippen LogP contribution in [0.1, 0.15) is 18.2 Å². The number of rotatable bonds is 4. The van der Waals surface area contributed by atoms with E-state index < -0.39 is 0 Å². The van der Waals surface area contributed by atoms with Gasteiger partial charge in [-0.05, 0) is 32.9 Å². The molecule has 25 heavy (non-hydrogen) atoms. The molecule has 3 heterocycles. The molecule has 7 heteroatoms. The molecule has 1 fully saturated rings. The zero-order valence-electron chi connectivity index (χ0n) is 14.9. The number of nitrogens with zero attached hydrogens (tertiary/aromatic N) is 5. The predicted molar refractivity (Wildman–Crippen MR) is 97.2 cm³/mol. The largest absolute Gasteiger partial charge is 0.368 e. The molecule has 2 aromatic rings. The van der Waals surface area contributed by atoms with Gasteiger partial charge in [0.05, 0.1) is 6.04 Å². The van der Waals surface area contributed by atoms with Crippen molar-refractivity contribution in [3.05, 3.63) is 35.8 Å². The Balaban J connectivity index is 1.83. The van der Waals surface area contributed by atoms with Crippen molar-refractivity contribution >= 4 is 11.7 Å². The average Bonchev–Trinajstić information content (AvgIpc) is 2.64. The third kappa shape index (κ3) is 3.61. The maximum Gasteiger partial charge on any atom is 0.234 e. The normalized spacial score (nSPS) is 16.7. The molecule has 1 saturated heterocycles. The molecule has 2 aromatic heterocycles. The SMILES string of the molecule is Cc1nc(-c2cccnc2)nc(N2CCN(C(C)C(N)=O)CC2)c1C. The van der Waals surface area contributed by atoms with E-state index in [1.54, 1.807) is 12.4 Å². The number of amides is 1. The number of piperazine rings is 1. The second kappa shape index (κ2) is 7.14. The van der Waals surface area contributed by atoms with Crippen molar-refractivity contribution in [1.29, 1.82) is 0 Å². The molecule has 0 spiro atoms. The predicted octanol–water partition coefficient (Wildman–Crippen LogP) is 1.15. The lowest BCUT2D eigenvalue weighted by Gasteiger charge is -2.38. The van der Waals surface area contributed by atoms with Gasteiger partial charge in [0.15, 0.2) is 5.82 Å². The van der Waals surface area contributed by atoms with Gasteiger partial charge in [-0.1, -0.05) is 0 Å². The smallest absolute Gasteiger partial charge is 0.234 e. The summed E-state index contributed by atoms with van der Waals surface area (Å²) >= 11 is 0. The van der Waals surface area contributed by atoms with Crippen LogP contribution in [0.15, 0.2) is 24.5 Å². The molecule has 2 N–H and O–H groups in total. The van der Waals surface area contributed by atoms with Gasteiger partial charge in [0.1, 0.15) is 5.82 Å². The molecular formula is C18H24N6O. The molecule has 0 aliphatic carbocycles. The summed E-state index contributed by atoms with van der Waals surface area (Å²) in [5.41, 5.74) is 8.39. The molecule has 0 aromatic carbocycles. The van der Waals surface area contributed by atoms with Gasteiger partial charge in [-0.3, -0.25) is 14.7 Å². The highest BCUT2D eigenvalue weighted by atomic mass is 16.1. The van der Waals surface area contributed by atoms with Gasteiger partial charge in [0.25, 0.3) is 0 Å². The van der Waals surface area contributed by atoms with Crippen molar-refractivity contribution in [3.63, 3.8) is 0 Å². The molecular weight excluding hydrogens is 316 g/mol. The van der Waals surface area contributed by atoms with E-state index in [0.29, 0.717) is 5.82 Å². The fourth-order valence-electron chi connectivity index (χ4n) is 3.05. The Morgan fingerprint density at radius 3 is 2.52 bits per heavy atom. The van der Waals surface area contributed by atoms with Gasteiger partial charge in [0.2, 0.25) is 5.91 Å². The van der Waals surface area contributed by atoms with Crippen LogP contribution in [0, 0.1) is 13.8 Å². The number of carbonyl (C=O) groups excluding carboxylic acids is 1. The number of anilines is 1. The number of nitrogens with two attached hydrogens (primary N) is 1. The third-order valence-electron chi connectivity index (χ3n) is 4.86. The minimum Gasteiger partial charge on any atom is -0.368 e. The van der Waals surface area contributed by atoms with Crippen molar-refractivity contribution in [1.82, 2.24) is 19.9 Å². The standard InChI is InChI=1S/C18H24N6O/c1-12-13(2)21-17(15-5-4-6-20-11-15)22-18(12)24-9-7-23(8-10-24)14(3)16(19)25/h4-6,11,14H,7-10H2,1-3H3,(H2,19,25). The van der Waals surface area contributed by atoms with E-state index in [0.717, 1.165) is 48.8 Å². The highest BCUT2D eigenvalue weighted by Gasteiger charge is 2.26. The molecule has 1 amide bonds. The Morgan fingerprint density at radius 2 is 1.92 bits per heavy atom. The lowest BCUT2D eigenvalue weighted by atomic mass is 10.1. The summed E-state index contributed by atoms with van der Waals surface area (Å²) in [6, 6.07) is 3.62. The van der Waals surface area contributed by atoms with Crippen molar-refractivity contribution in [2.45, 2.75) is 26.8 Å². The second-order valence-electron chi connectivity index (χ2n) is 6.42. The number of aryl methyl sites for hydroxylation is 1. The van der Waals surface area contributed by atoms with Crippen LogP contribution < -0.4 is 10.6 Å². The first-order valence-electron chi connectivity index (χ1n) is 8.51. The van der Waals surface area contributed by atoms with Crippen LogP contribution in [0.25, 0.3) is 11.4 Å². The van der Waals surface area contributed by atoms with Crippen LogP contribution in [-0.2, 0) is 4.79 Å². The van der Waals surface area contributed by atoms with Crippen molar-refractivity contribution in [2.24, 2.45) is 5.73 Å². The van der Waals surface area contributed by atoms with Crippen LogP contribution in [0.5, 0.6) is 0 Å². The lowest BCUT2D eigenvalue weighted by Crippen LogP contribution is -2.53. The highest BCUT2D eigenvalue weighted by molar-refractivity contribution is 5.79. The van der Waals surface area contributed by atoms with E-state index in [-0.39, 0.29) is 11.9 Å². The quantitative estimate of drug-likeness (QED) is 0.898. The Labute approximate surface area is 147 Å². The zero-order valence-corrected chi connectivity index (χ0v) is 14.9. The molecule has 7 nitrogen and oxygen atoms in total. The van der Waals surface area contributed by atoms with Gasteiger partial charge in [-0.25, -0.2) is 9.97 Å². The van der Waals surface area contributed by atoms with Crippen molar-refractivity contribution in [3.8, 4) is 11.4 Å². The maximum absolute atomic E-state index is 11.4. The first-order valence-corrected chi connectivity index (χ1v) is 8.51. The van der Waals surface area contributed by atoms with Crippen molar-refractivity contribution in [2.75, 3.05) is 31.1 Å². The minimum absolute atomic E-state index is 0.235. The molecule has 1 aliphatic rings. The Kier molecular flexibility index (Phi) is 4.94. The number of pyridine rings is 1. The molecule has 3 rings (SSSR count). The molecule has 0 bridgehead atoms. The summed E-state index contributed by atoms with van der Waals surface area (Å²) in [6.07, 6.45) is 3.52. The molecule has 0 radical (unpaired) electrons. The van der Waals surface area contributed by atoms with E-state index >= 15 is 0 Å². The number of primary amides is 1. The fourth-order valence-corrected chi connectivity index (χ4v) is 3.05. The Morgan fingerprint density at radius 1 is 1.20 bits per heavy atom. The number of hydrogen-bond donors (Lipinski definition) is 1. The Bertz CT molecular complexity index is 756. The van der Waals surface area contributed by atoms with Gasteiger partial charge in [0, 0.05) is 55.4 Å². The summed E-state index contributed by atoms with van der Waals surface area (Å²) in [5, 5.41) is 0. The topological polar surface area (TPSA) is 88.2 Å². The monoisotopic (exact) mass is 340 g/mol. The Hall–Kier alpha value is -2.54. The maximum atomic E-state index is 11.4. The molecule has 1 aliphatic heterocycles. The number of carbonyl (C=O) groups is 1. The van der Waals surface area contributed by atoms with Gasteiger partial charge >= 0.3 is 0 Å².